The van der Waals surface area contributed by atoms with Gasteiger partial charge < -0.3 is 10.0 Å². The number of nitriles is 1. The summed E-state index contributed by atoms with van der Waals surface area (Å²) >= 11 is 1.68. The van der Waals surface area contributed by atoms with Crippen molar-refractivity contribution in [2.45, 2.75) is 19.6 Å². The predicted molar refractivity (Wildman–Crippen MR) is 105 cm³/mol. The molecule has 5 rings (SSSR count). The number of hydrogen-bond donors (Lipinski definition) is 1. The second kappa shape index (κ2) is 5.45. The molecular formula is C19H17BN4OS. The molecule has 7 heteroatoms. The monoisotopic (exact) mass is 360 g/mol. The van der Waals surface area contributed by atoms with Crippen LogP contribution >= 0.6 is 11.3 Å². The number of fused-ring (bicyclic) bond motifs is 1. The van der Waals surface area contributed by atoms with Crippen molar-refractivity contribution in [2.75, 3.05) is 18.0 Å². The van der Waals surface area contributed by atoms with E-state index in [1.54, 1.807) is 23.5 Å². The van der Waals surface area contributed by atoms with Crippen LogP contribution in [0.5, 0.6) is 5.75 Å². The van der Waals surface area contributed by atoms with Crippen molar-refractivity contribution >= 4 is 33.3 Å². The lowest BCUT2D eigenvalue weighted by atomic mass is 9.26. The van der Waals surface area contributed by atoms with Gasteiger partial charge in [-0.3, -0.25) is 0 Å². The zero-order valence-corrected chi connectivity index (χ0v) is 15.3. The minimum Gasteiger partial charge on any atom is -0.507 e. The van der Waals surface area contributed by atoms with E-state index in [4.69, 9.17) is 5.26 Å². The van der Waals surface area contributed by atoms with Crippen molar-refractivity contribution < 1.29 is 5.11 Å². The van der Waals surface area contributed by atoms with Crippen LogP contribution in [0.15, 0.2) is 30.3 Å². The van der Waals surface area contributed by atoms with Crippen LogP contribution in [0.4, 0.5) is 5.00 Å². The first-order valence-electron chi connectivity index (χ1n) is 8.78. The Bertz CT molecular complexity index is 1060. The molecule has 1 spiro atoms. The summed E-state index contributed by atoms with van der Waals surface area (Å²) in [5.41, 5.74) is 2.99. The van der Waals surface area contributed by atoms with E-state index in [1.165, 1.54) is 10.6 Å². The highest BCUT2D eigenvalue weighted by Crippen LogP contribution is 2.52. The van der Waals surface area contributed by atoms with Crippen LogP contribution in [-0.2, 0) is 0 Å². The number of aryl methyl sites for hydroxylation is 1. The molecule has 2 aromatic heterocycles. The van der Waals surface area contributed by atoms with E-state index < -0.39 is 0 Å². The summed E-state index contributed by atoms with van der Waals surface area (Å²) in [5, 5.41) is 30.2. The molecule has 0 unspecified atom stereocenters. The maximum atomic E-state index is 10.1. The van der Waals surface area contributed by atoms with Gasteiger partial charge in [-0.05, 0) is 36.1 Å². The second-order valence-electron chi connectivity index (χ2n) is 7.59. The molecule has 2 aliphatic heterocycles. The third kappa shape index (κ3) is 2.22. The molecule has 2 aliphatic rings. The summed E-state index contributed by atoms with van der Waals surface area (Å²) in [5.74, 6) is 2.60. The predicted octanol–water partition coefficient (Wildman–Crippen LogP) is 3.75. The van der Waals surface area contributed by atoms with Crippen LogP contribution in [0.1, 0.15) is 5.56 Å². The SMILES string of the molecule is Cc1c(N2CC3(CB(C#N)C3)C2)sc2nnc(-c3ccccc3O)cc12. The molecule has 0 bridgehead atoms. The van der Waals surface area contributed by atoms with Gasteiger partial charge in [0, 0.05) is 30.0 Å². The van der Waals surface area contributed by atoms with Crippen LogP contribution in [-0.4, -0.2) is 35.1 Å². The van der Waals surface area contributed by atoms with Gasteiger partial charge in [0.2, 0.25) is 0 Å². The van der Waals surface area contributed by atoms with Gasteiger partial charge in [0.15, 0.2) is 0 Å². The normalized spacial score (nSPS) is 17.8. The summed E-state index contributed by atoms with van der Waals surface area (Å²) in [4.78, 5) is 3.34. The Balaban J connectivity index is 1.46. The number of nitrogens with zero attached hydrogens (tertiary/aromatic N) is 4. The minimum atomic E-state index is 0.218. The number of thiophene rings is 1. The number of aromatic nitrogens is 2. The van der Waals surface area contributed by atoms with Crippen LogP contribution in [0.2, 0.25) is 12.6 Å². The van der Waals surface area contributed by atoms with Crippen LogP contribution in [0.3, 0.4) is 0 Å². The average Bonchev–Trinajstić information content (AvgIpc) is 2.90. The van der Waals surface area contributed by atoms with E-state index in [0.717, 1.165) is 35.9 Å². The van der Waals surface area contributed by atoms with Crippen molar-refractivity contribution in [3.63, 3.8) is 0 Å². The Kier molecular flexibility index (Phi) is 3.28. The third-order valence-corrected chi connectivity index (χ3v) is 6.99. The Hall–Kier alpha value is -2.59. The molecule has 4 heterocycles. The van der Waals surface area contributed by atoms with Gasteiger partial charge >= 0.3 is 0 Å². The van der Waals surface area contributed by atoms with Crippen molar-refractivity contribution in [1.29, 1.82) is 5.26 Å². The molecule has 3 aromatic rings. The molecule has 0 aliphatic carbocycles. The number of para-hydroxylation sites is 1. The maximum absolute atomic E-state index is 10.1. The third-order valence-electron chi connectivity index (χ3n) is 5.74. The van der Waals surface area contributed by atoms with Gasteiger partial charge in [-0.2, -0.15) is 0 Å². The molecule has 1 N–H and O–H groups in total. The van der Waals surface area contributed by atoms with E-state index in [0.29, 0.717) is 16.7 Å². The molecule has 0 radical (unpaired) electrons. The smallest absolute Gasteiger partial charge is 0.269 e. The van der Waals surface area contributed by atoms with E-state index in [1.807, 2.05) is 18.2 Å². The van der Waals surface area contributed by atoms with Crippen molar-refractivity contribution in [3.8, 4) is 23.0 Å². The first kappa shape index (κ1) is 15.7. The molecule has 0 amide bonds. The van der Waals surface area contributed by atoms with E-state index in [9.17, 15) is 5.11 Å². The van der Waals surface area contributed by atoms with Gasteiger partial charge in [-0.15, -0.1) is 10.2 Å². The second-order valence-corrected chi connectivity index (χ2v) is 8.57. The van der Waals surface area contributed by atoms with Gasteiger partial charge in [0.1, 0.15) is 10.6 Å². The van der Waals surface area contributed by atoms with Crippen LogP contribution in [0, 0.1) is 23.6 Å². The quantitative estimate of drug-likeness (QED) is 0.705. The molecule has 0 saturated carbocycles. The fourth-order valence-corrected chi connectivity index (χ4v) is 5.48. The Morgan fingerprint density at radius 3 is 2.77 bits per heavy atom. The summed E-state index contributed by atoms with van der Waals surface area (Å²) in [7, 11) is 0. The van der Waals surface area contributed by atoms with Crippen LogP contribution in [0.25, 0.3) is 21.5 Å². The number of phenols is 1. The Morgan fingerprint density at radius 2 is 2.04 bits per heavy atom. The molecular weight excluding hydrogens is 343 g/mol. The number of benzene rings is 1. The van der Waals surface area contributed by atoms with Crippen molar-refractivity contribution in [1.82, 2.24) is 10.2 Å². The lowest BCUT2D eigenvalue weighted by Crippen LogP contribution is -2.64. The number of rotatable bonds is 2. The van der Waals surface area contributed by atoms with Gasteiger partial charge in [0.25, 0.3) is 6.71 Å². The van der Waals surface area contributed by atoms with Gasteiger partial charge in [-0.1, -0.05) is 36.1 Å². The zero-order valence-electron chi connectivity index (χ0n) is 14.4. The topological polar surface area (TPSA) is 73.0 Å². The van der Waals surface area contributed by atoms with Crippen LogP contribution < -0.4 is 4.90 Å². The summed E-state index contributed by atoms with van der Waals surface area (Å²) in [6.45, 7) is 4.47. The highest BCUT2D eigenvalue weighted by Gasteiger charge is 2.54. The lowest BCUT2D eigenvalue weighted by molar-refractivity contribution is 0.244. The maximum Gasteiger partial charge on any atom is 0.269 e. The summed E-state index contributed by atoms with van der Waals surface area (Å²) in [6, 6.07) is 9.24. The summed E-state index contributed by atoms with van der Waals surface area (Å²) < 4.78 is 0. The largest absolute Gasteiger partial charge is 0.507 e. The first-order chi connectivity index (χ1) is 12.6. The molecule has 1 aromatic carbocycles. The van der Waals surface area contributed by atoms with E-state index >= 15 is 0 Å². The Morgan fingerprint density at radius 1 is 1.27 bits per heavy atom. The average molecular weight is 360 g/mol. The number of anilines is 1. The molecule has 2 saturated heterocycles. The Labute approximate surface area is 156 Å². The van der Waals surface area contributed by atoms with Crippen molar-refractivity contribution in [3.05, 3.63) is 35.9 Å². The number of hydrogen-bond acceptors (Lipinski definition) is 6. The lowest BCUT2D eigenvalue weighted by Gasteiger charge is -2.57. The molecule has 5 nitrogen and oxygen atoms in total. The standard InChI is InChI=1S/C19H17BN4OS/c1-12-14-6-15(13-4-2-3-5-16(13)25)22-23-17(14)26-18(12)24-9-19(10-24)7-20(8-19)11-21/h2-6,25H,7-10H2,1H3. The van der Waals surface area contributed by atoms with E-state index in [-0.39, 0.29) is 12.5 Å². The van der Waals surface area contributed by atoms with E-state index in [2.05, 4.69) is 28.0 Å². The minimum absolute atomic E-state index is 0.218. The highest BCUT2D eigenvalue weighted by molar-refractivity contribution is 7.22. The molecule has 128 valence electrons. The first-order valence-corrected chi connectivity index (χ1v) is 9.60. The summed E-state index contributed by atoms with van der Waals surface area (Å²) in [6.07, 6.45) is 2.09. The number of phenolic OH excluding ortho intramolecular Hbond substituents is 1. The van der Waals surface area contributed by atoms with Crippen molar-refractivity contribution in [2.24, 2.45) is 5.41 Å². The molecule has 0 atom stereocenters. The fourth-order valence-electron chi connectivity index (χ4n) is 4.37. The fraction of sp³-hybridized carbons (Fsp3) is 0.316. The molecule has 2 fully saturated rings. The zero-order chi connectivity index (χ0) is 17.9. The van der Waals surface area contributed by atoms with Gasteiger partial charge in [-0.25, -0.2) is 5.26 Å². The highest BCUT2D eigenvalue weighted by atomic mass is 32.1. The molecule has 26 heavy (non-hydrogen) atoms. The van der Waals surface area contributed by atoms with Gasteiger partial charge in [0.05, 0.1) is 10.7 Å². The number of aromatic hydroxyl groups is 1.